The zero-order valence-electron chi connectivity index (χ0n) is 16.2. The number of hydrogen-bond donors (Lipinski definition) is 2. The molecule has 0 heterocycles. The molecule has 2 N–H and O–H groups in total. The van der Waals surface area contributed by atoms with Crippen molar-refractivity contribution in [3.63, 3.8) is 0 Å². The van der Waals surface area contributed by atoms with E-state index in [-0.39, 0.29) is 12.1 Å². The van der Waals surface area contributed by atoms with Crippen LogP contribution in [0.2, 0.25) is 0 Å². The van der Waals surface area contributed by atoms with E-state index in [0.29, 0.717) is 11.8 Å². The monoisotopic (exact) mass is 410 g/mol. The van der Waals surface area contributed by atoms with E-state index in [1.54, 1.807) is 19.2 Å². The average molecular weight is 410 g/mol. The summed E-state index contributed by atoms with van der Waals surface area (Å²) in [5, 5.41) is 5.22. The molecule has 0 saturated carbocycles. The molecular weight excluding hydrogens is 390 g/mol. The molecule has 0 aliphatic carbocycles. The van der Waals surface area contributed by atoms with Gasteiger partial charge in [0.15, 0.2) is 0 Å². The lowest BCUT2D eigenvalue weighted by atomic mass is 9.98. The Balaban J connectivity index is 1.70. The molecule has 0 bridgehead atoms. The lowest BCUT2D eigenvalue weighted by molar-refractivity contribution is -0.120. The molecule has 1 unspecified atom stereocenters. The molecule has 0 radical (unpaired) electrons. The maximum absolute atomic E-state index is 13.7. The summed E-state index contributed by atoms with van der Waals surface area (Å²) in [6.45, 7) is -0.366. The quantitative estimate of drug-likeness (QED) is 0.625. The van der Waals surface area contributed by atoms with Crippen LogP contribution in [-0.4, -0.2) is 25.5 Å². The number of amides is 2. The summed E-state index contributed by atoms with van der Waals surface area (Å²) in [6.07, 6.45) is 0. The second kappa shape index (κ2) is 9.65. The maximum atomic E-state index is 13.7. The number of carbonyl (C=O) groups excluding carboxylic acids is 2. The van der Waals surface area contributed by atoms with Crippen molar-refractivity contribution in [2.24, 2.45) is 0 Å². The molecule has 0 spiro atoms. The van der Waals surface area contributed by atoms with Crippen molar-refractivity contribution in [1.82, 2.24) is 10.6 Å². The number of methoxy groups -OCH3 is 1. The van der Waals surface area contributed by atoms with Gasteiger partial charge in [0.2, 0.25) is 5.91 Å². The molecule has 0 aromatic heterocycles. The van der Waals surface area contributed by atoms with Crippen molar-refractivity contribution < 1.29 is 23.1 Å². The van der Waals surface area contributed by atoms with Crippen LogP contribution >= 0.6 is 0 Å². The van der Waals surface area contributed by atoms with Crippen molar-refractivity contribution >= 4 is 11.8 Å². The van der Waals surface area contributed by atoms with Crippen LogP contribution in [0.25, 0.3) is 0 Å². The highest BCUT2D eigenvalue weighted by molar-refractivity contribution is 5.96. The Morgan fingerprint density at radius 3 is 2.23 bits per heavy atom. The standard InChI is InChI=1S/C23H20F2N2O3/c1-30-18-10-7-16(8-11-18)22(15-5-3-2-4-6-15)27-21(28)14-26-23(29)19-12-9-17(24)13-20(19)25/h2-13,22H,14H2,1H3,(H,26,29)(H,27,28). The Kier molecular flexibility index (Phi) is 6.75. The van der Waals surface area contributed by atoms with Gasteiger partial charge >= 0.3 is 0 Å². The molecule has 0 saturated heterocycles. The predicted molar refractivity (Wildman–Crippen MR) is 108 cm³/mol. The van der Waals surface area contributed by atoms with Crippen LogP contribution in [0.3, 0.4) is 0 Å². The molecule has 0 fully saturated rings. The fourth-order valence-electron chi connectivity index (χ4n) is 2.94. The number of carbonyl (C=O) groups is 2. The van der Waals surface area contributed by atoms with Crippen LogP contribution in [0.5, 0.6) is 5.75 Å². The van der Waals surface area contributed by atoms with Gasteiger partial charge in [-0.1, -0.05) is 42.5 Å². The molecule has 3 aromatic carbocycles. The van der Waals surface area contributed by atoms with Gasteiger partial charge in [0, 0.05) is 6.07 Å². The van der Waals surface area contributed by atoms with Crippen molar-refractivity contribution in [2.75, 3.05) is 13.7 Å². The highest BCUT2D eigenvalue weighted by atomic mass is 19.1. The van der Waals surface area contributed by atoms with E-state index < -0.39 is 29.5 Å². The van der Waals surface area contributed by atoms with E-state index in [1.165, 1.54) is 0 Å². The minimum atomic E-state index is -0.992. The molecule has 0 aliphatic heterocycles. The van der Waals surface area contributed by atoms with Gasteiger partial charge in [0.25, 0.3) is 5.91 Å². The highest BCUT2D eigenvalue weighted by Crippen LogP contribution is 2.24. The molecule has 154 valence electrons. The van der Waals surface area contributed by atoms with Gasteiger partial charge in [-0.25, -0.2) is 8.78 Å². The zero-order chi connectivity index (χ0) is 21.5. The molecule has 1 atom stereocenters. The molecule has 7 heteroatoms. The smallest absolute Gasteiger partial charge is 0.254 e. The Morgan fingerprint density at radius 2 is 1.60 bits per heavy atom. The third kappa shape index (κ3) is 5.20. The zero-order valence-corrected chi connectivity index (χ0v) is 16.2. The largest absolute Gasteiger partial charge is 0.497 e. The van der Waals surface area contributed by atoms with Crippen molar-refractivity contribution in [3.8, 4) is 5.75 Å². The van der Waals surface area contributed by atoms with E-state index in [2.05, 4.69) is 10.6 Å². The van der Waals surface area contributed by atoms with Crippen molar-refractivity contribution in [1.29, 1.82) is 0 Å². The van der Waals surface area contributed by atoms with Gasteiger partial charge in [0.1, 0.15) is 17.4 Å². The number of rotatable bonds is 7. The fraction of sp³-hybridized carbons (Fsp3) is 0.130. The van der Waals surface area contributed by atoms with E-state index in [0.717, 1.165) is 23.3 Å². The normalized spacial score (nSPS) is 11.4. The molecule has 3 aromatic rings. The summed E-state index contributed by atoms with van der Waals surface area (Å²) in [5.74, 6) is -2.36. The summed E-state index contributed by atoms with van der Waals surface area (Å²) in [6, 6.07) is 18.8. The maximum Gasteiger partial charge on any atom is 0.254 e. The first-order valence-electron chi connectivity index (χ1n) is 9.19. The van der Waals surface area contributed by atoms with Crippen molar-refractivity contribution in [3.05, 3.63) is 101 Å². The summed E-state index contributed by atoms with van der Waals surface area (Å²) in [5.41, 5.74) is 1.34. The lowest BCUT2D eigenvalue weighted by Gasteiger charge is -2.20. The number of nitrogens with one attached hydrogen (secondary N) is 2. The van der Waals surface area contributed by atoms with Gasteiger partial charge < -0.3 is 15.4 Å². The first-order valence-corrected chi connectivity index (χ1v) is 9.19. The van der Waals surface area contributed by atoms with Crippen LogP contribution in [-0.2, 0) is 4.79 Å². The minimum Gasteiger partial charge on any atom is -0.497 e. The van der Waals surface area contributed by atoms with E-state index in [9.17, 15) is 18.4 Å². The molecule has 3 rings (SSSR count). The Bertz CT molecular complexity index is 1020. The Hall–Kier alpha value is -3.74. The molecule has 30 heavy (non-hydrogen) atoms. The molecule has 5 nitrogen and oxygen atoms in total. The summed E-state index contributed by atoms with van der Waals surface area (Å²) in [4.78, 5) is 24.6. The average Bonchev–Trinajstić information content (AvgIpc) is 2.76. The Labute approximate surface area is 172 Å². The van der Waals surface area contributed by atoms with Gasteiger partial charge in [-0.05, 0) is 35.4 Å². The second-order valence-corrected chi connectivity index (χ2v) is 6.49. The SMILES string of the molecule is COc1ccc(C(NC(=O)CNC(=O)c2ccc(F)cc2F)c2ccccc2)cc1. The number of ether oxygens (including phenoxy) is 1. The van der Waals surface area contributed by atoms with Gasteiger partial charge in [-0.3, -0.25) is 9.59 Å². The Morgan fingerprint density at radius 1 is 0.933 bits per heavy atom. The number of benzene rings is 3. The predicted octanol–water partition coefficient (Wildman–Crippen LogP) is 3.61. The molecule has 0 aliphatic rings. The highest BCUT2D eigenvalue weighted by Gasteiger charge is 2.18. The molecular formula is C23H20F2N2O3. The first-order chi connectivity index (χ1) is 14.5. The van der Waals surface area contributed by atoms with E-state index in [4.69, 9.17) is 4.74 Å². The minimum absolute atomic E-state index is 0.334. The van der Waals surface area contributed by atoms with E-state index >= 15 is 0 Å². The van der Waals surface area contributed by atoms with Crippen LogP contribution in [0.1, 0.15) is 27.5 Å². The topological polar surface area (TPSA) is 67.4 Å². The summed E-state index contributed by atoms with van der Waals surface area (Å²) < 4.78 is 31.9. The van der Waals surface area contributed by atoms with Crippen LogP contribution < -0.4 is 15.4 Å². The first kappa shape index (κ1) is 21.0. The molecule has 2 amide bonds. The third-order valence-corrected chi connectivity index (χ3v) is 4.47. The summed E-state index contributed by atoms with van der Waals surface area (Å²) >= 11 is 0. The number of halogens is 2. The van der Waals surface area contributed by atoms with E-state index in [1.807, 2.05) is 42.5 Å². The number of hydrogen-bond acceptors (Lipinski definition) is 3. The lowest BCUT2D eigenvalue weighted by Crippen LogP contribution is -2.39. The van der Waals surface area contributed by atoms with Gasteiger partial charge in [-0.15, -0.1) is 0 Å². The van der Waals surface area contributed by atoms with Crippen molar-refractivity contribution in [2.45, 2.75) is 6.04 Å². The summed E-state index contributed by atoms with van der Waals surface area (Å²) in [7, 11) is 1.57. The fourth-order valence-corrected chi connectivity index (χ4v) is 2.94. The van der Waals surface area contributed by atoms with Gasteiger partial charge in [-0.2, -0.15) is 0 Å². The van der Waals surface area contributed by atoms with Gasteiger partial charge in [0.05, 0.1) is 25.3 Å². The van der Waals surface area contributed by atoms with Crippen LogP contribution in [0.4, 0.5) is 8.78 Å². The van der Waals surface area contributed by atoms with Crippen LogP contribution in [0.15, 0.2) is 72.8 Å². The van der Waals surface area contributed by atoms with Crippen LogP contribution in [0, 0.1) is 11.6 Å². The second-order valence-electron chi connectivity index (χ2n) is 6.49. The third-order valence-electron chi connectivity index (χ3n) is 4.47.